The lowest BCUT2D eigenvalue weighted by Gasteiger charge is -2.46. The van der Waals surface area contributed by atoms with Crippen LogP contribution >= 0.6 is 11.6 Å². The number of hydrogen-bond donors (Lipinski definition) is 2. The molecule has 0 saturated carbocycles. The molecule has 27 heavy (non-hydrogen) atoms. The molecule has 1 saturated heterocycles. The van der Waals surface area contributed by atoms with Gasteiger partial charge in [0.1, 0.15) is 0 Å². The van der Waals surface area contributed by atoms with Gasteiger partial charge in [-0.25, -0.2) is 0 Å². The fourth-order valence-electron chi connectivity index (χ4n) is 3.00. The summed E-state index contributed by atoms with van der Waals surface area (Å²) in [6.45, 7) is 19.4. The van der Waals surface area contributed by atoms with Gasteiger partial charge in [0.25, 0.3) is 0 Å². The minimum Gasteiger partial charge on any atom is -0.373 e. The third-order valence-corrected chi connectivity index (χ3v) is 4.66. The normalized spacial score (nSPS) is 15.0. The van der Waals surface area contributed by atoms with Gasteiger partial charge in [0, 0.05) is 35.4 Å². The van der Waals surface area contributed by atoms with E-state index in [0.717, 1.165) is 40.8 Å². The summed E-state index contributed by atoms with van der Waals surface area (Å²) in [7, 11) is 0. The highest BCUT2D eigenvalue weighted by Gasteiger charge is 2.40. The first-order valence-corrected chi connectivity index (χ1v) is 9.96. The smallest absolute Gasteiger partial charge is 0.0877 e. The maximum absolute atomic E-state index is 6.11. The number of halogens is 1. The van der Waals surface area contributed by atoms with Gasteiger partial charge in [-0.15, -0.1) is 0 Å². The van der Waals surface area contributed by atoms with Crippen LogP contribution in [-0.4, -0.2) is 23.6 Å². The van der Waals surface area contributed by atoms with E-state index in [1.165, 1.54) is 0 Å². The Morgan fingerprint density at radius 3 is 2.41 bits per heavy atom. The van der Waals surface area contributed by atoms with Crippen LogP contribution in [0.15, 0.2) is 71.9 Å². The predicted octanol–water partition coefficient (Wildman–Crippen LogP) is 6.30. The van der Waals surface area contributed by atoms with E-state index in [2.05, 4.69) is 53.0 Å². The molecule has 0 aliphatic carbocycles. The van der Waals surface area contributed by atoms with Gasteiger partial charge in [-0.3, -0.25) is 4.98 Å². The van der Waals surface area contributed by atoms with Gasteiger partial charge in [-0.1, -0.05) is 70.7 Å². The average Bonchev–Trinajstić information content (AvgIpc) is 2.69. The van der Waals surface area contributed by atoms with E-state index in [9.17, 15) is 0 Å². The molecular formula is C23H32ClN3. The summed E-state index contributed by atoms with van der Waals surface area (Å²) in [5.41, 5.74) is 3.84. The second kappa shape index (κ2) is 10.9. The van der Waals surface area contributed by atoms with Crippen LogP contribution in [0, 0.1) is 0 Å². The molecular weight excluding hydrogens is 354 g/mol. The summed E-state index contributed by atoms with van der Waals surface area (Å²) in [4.78, 5) is 4.42. The number of allylic oxidation sites excluding steroid dienone is 2. The molecule has 1 aromatic carbocycles. The molecule has 0 radical (unpaired) electrons. The summed E-state index contributed by atoms with van der Waals surface area (Å²) in [5, 5.41) is 8.65. The van der Waals surface area contributed by atoms with Crippen LogP contribution in [0.2, 0.25) is 0 Å². The quantitative estimate of drug-likeness (QED) is 0.593. The summed E-state index contributed by atoms with van der Waals surface area (Å²) in [6, 6.07) is 10.2. The second-order valence-electron chi connectivity index (χ2n) is 5.87. The SMILES string of the molecule is C=C/C(=C(/C)C(=C)Cl)C1(Nc2ccc3cccnc3c2)CNC1.CC.CC. The van der Waals surface area contributed by atoms with Gasteiger partial charge in [-0.2, -0.15) is 0 Å². The largest absolute Gasteiger partial charge is 0.373 e. The van der Waals surface area contributed by atoms with Crippen molar-refractivity contribution >= 4 is 28.2 Å². The number of nitrogens with one attached hydrogen (secondary N) is 2. The number of nitrogens with zero attached hydrogens (tertiary/aromatic N) is 1. The Morgan fingerprint density at radius 2 is 1.89 bits per heavy atom. The van der Waals surface area contributed by atoms with Crippen molar-refractivity contribution in [3.05, 3.63) is 71.9 Å². The van der Waals surface area contributed by atoms with E-state index in [1.54, 1.807) is 0 Å². The van der Waals surface area contributed by atoms with Gasteiger partial charge in [0.15, 0.2) is 0 Å². The van der Waals surface area contributed by atoms with Crippen molar-refractivity contribution in [2.24, 2.45) is 0 Å². The number of hydrogen-bond acceptors (Lipinski definition) is 3. The third-order valence-electron chi connectivity index (χ3n) is 4.37. The number of pyridine rings is 1. The molecule has 0 bridgehead atoms. The highest BCUT2D eigenvalue weighted by atomic mass is 35.5. The maximum Gasteiger partial charge on any atom is 0.0877 e. The van der Waals surface area contributed by atoms with Crippen molar-refractivity contribution in [3.63, 3.8) is 0 Å². The Bertz CT molecular complexity index is 804. The van der Waals surface area contributed by atoms with Gasteiger partial charge in [0.2, 0.25) is 0 Å². The number of benzene rings is 1. The molecule has 0 atom stereocenters. The highest BCUT2D eigenvalue weighted by molar-refractivity contribution is 6.31. The van der Waals surface area contributed by atoms with Crippen LogP contribution in [0.1, 0.15) is 34.6 Å². The molecule has 1 aliphatic heterocycles. The van der Waals surface area contributed by atoms with Gasteiger partial charge < -0.3 is 10.6 Å². The van der Waals surface area contributed by atoms with E-state index in [4.69, 9.17) is 11.6 Å². The van der Waals surface area contributed by atoms with E-state index in [0.29, 0.717) is 5.03 Å². The van der Waals surface area contributed by atoms with Crippen molar-refractivity contribution in [1.82, 2.24) is 10.3 Å². The summed E-state index contributed by atoms with van der Waals surface area (Å²) >= 11 is 6.11. The van der Waals surface area contributed by atoms with Gasteiger partial charge in [-0.05, 0) is 36.3 Å². The van der Waals surface area contributed by atoms with E-state index < -0.39 is 0 Å². The first-order valence-electron chi connectivity index (χ1n) is 9.58. The Labute approximate surface area is 169 Å². The highest BCUT2D eigenvalue weighted by Crippen LogP contribution is 2.33. The van der Waals surface area contributed by atoms with Crippen molar-refractivity contribution in [2.75, 3.05) is 18.4 Å². The van der Waals surface area contributed by atoms with E-state index in [-0.39, 0.29) is 5.54 Å². The topological polar surface area (TPSA) is 37.0 Å². The van der Waals surface area contributed by atoms with Crippen LogP contribution in [0.3, 0.4) is 0 Å². The molecule has 0 unspecified atom stereocenters. The maximum atomic E-state index is 6.11. The minimum absolute atomic E-state index is 0.216. The molecule has 4 heteroatoms. The minimum atomic E-state index is -0.216. The molecule has 146 valence electrons. The van der Waals surface area contributed by atoms with Crippen molar-refractivity contribution < 1.29 is 0 Å². The van der Waals surface area contributed by atoms with Crippen LogP contribution in [0.4, 0.5) is 5.69 Å². The first kappa shape index (κ1) is 22.9. The lowest BCUT2D eigenvalue weighted by molar-refractivity contribution is 0.364. The van der Waals surface area contributed by atoms with Crippen LogP contribution in [-0.2, 0) is 0 Å². The number of rotatable bonds is 5. The Kier molecular flexibility index (Phi) is 9.27. The molecule has 2 N–H and O–H groups in total. The van der Waals surface area contributed by atoms with Crippen molar-refractivity contribution in [1.29, 1.82) is 0 Å². The first-order chi connectivity index (χ1) is 13.1. The fourth-order valence-corrected chi connectivity index (χ4v) is 3.10. The lowest BCUT2D eigenvalue weighted by Crippen LogP contribution is -2.65. The van der Waals surface area contributed by atoms with Crippen LogP contribution < -0.4 is 10.6 Å². The molecule has 1 aliphatic rings. The summed E-state index contributed by atoms with van der Waals surface area (Å²) in [5.74, 6) is 0. The molecule has 0 amide bonds. The number of anilines is 1. The number of fused-ring (bicyclic) bond motifs is 1. The molecule has 2 heterocycles. The second-order valence-corrected chi connectivity index (χ2v) is 6.33. The predicted molar refractivity (Wildman–Crippen MR) is 122 cm³/mol. The molecule has 1 fully saturated rings. The van der Waals surface area contributed by atoms with E-state index >= 15 is 0 Å². The zero-order chi connectivity index (χ0) is 20.4. The summed E-state index contributed by atoms with van der Waals surface area (Å²) < 4.78 is 0. The fraction of sp³-hybridized carbons (Fsp3) is 0.348. The Balaban J connectivity index is 0.000000855. The lowest BCUT2D eigenvalue weighted by atomic mass is 9.80. The zero-order valence-electron chi connectivity index (χ0n) is 17.2. The van der Waals surface area contributed by atoms with Crippen molar-refractivity contribution in [3.8, 4) is 0 Å². The van der Waals surface area contributed by atoms with Gasteiger partial charge in [0.05, 0.1) is 11.1 Å². The van der Waals surface area contributed by atoms with Crippen molar-refractivity contribution in [2.45, 2.75) is 40.2 Å². The zero-order valence-corrected chi connectivity index (χ0v) is 18.0. The van der Waals surface area contributed by atoms with Gasteiger partial charge >= 0.3 is 0 Å². The monoisotopic (exact) mass is 385 g/mol. The molecule has 3 nitrogen and oxygen atoms in total. The van der Waals surface area contributed by atoms with Crippen LogP contribution in [0.5, 0.6) is 0 Å². The third kappa shape index (κ3) is 5.21. The number of aromatic nitrogens is 1. The molecule has 3 rings (SSSR count). The van der Waals surface area contributed by atoms with Crippen LogP contribution in [0.25, 0.3) is 10.9 Å². The van der Waals surface area contributed by atoms with E-state index in [1.807, 2.05) is 53.0 Å². The summed E-state index contributed by atoms with van der Waals surface area (Å²) in [6.07, 6.45) is 3.68. The Morgan fingerprint density at radius 1 is 1.22 bits per heavy atom. The molecule has 1 aromatic heterocycles. The standard InChI is InChI=1S/C19H20ClN3.2C2H6/c1-4-17(13(2)14(3)20)19(11-21-12-19)23-16-8-7-15-6-5-9-22-18(15)10-16;2*1-2/h4-10,21,23H,1,3,11-12H2,2H3;2*1-2H3/b17-13+;;. The Hall–Kier alpha value is -2.10. The average molecular weight is 386 g/mol. The molecule has 0 spiro atoms. The molecule has 2 aromatic rings.